The summed E-state index contributed by atoms with van der Waals surface area (Å²) < 4.78 is 10.5. The van der Waals surface area contributed by atoms with Crippen LogP contribution in [-0.4, -0.2) is 26.2 Å². The van der Waals surface area contributed by atoms with Gasteiger partial charge in [0.05, 0.1) is 13.7 Å². The van der Waals surface area contributed by atoms with Crippen molar-refractivity contribution >= 4 is 5.91 Å². The van der Waals surface area contributed by atoms with Crippen LogP contribution in [0, 0.1) is 0 Å². The van der Waals surface area contributed by atoms with Crippen molar-refractivity contribution in [1.82, 2.24) is 5.32 Å². The van der Waals surface area contributed by atoms with Gasteiger partial charge < -0.3 is 14.8 Å². The first-order valence-electron chi connectivity index (χ1n) is 8.21. The van der Waals surface area contributed by atoms with E-state index < -0.39 is 0 Å². The maximum atomic E-state index is 12.5. The molecule has 1 aromatic carbocycles. The van der Waals surface area contributed by atoms with Crippen LogP contribution in [0.1, 0.15) is 60.9 Å². The quantitative estimate of drug-likeness (QED) is 0.902. The SMILES string of the molecule is COCc1cc(C(=O)NC2CCCCCCC2)ccc1OC. The zero-order valence-corrected chi connectivity index (χ0v) is 13.7. The summed E-state index contributed by atoms with van der Waals surface area (Å²) in [5, 5.41) is 3.19. The summed E-state index contributed by atoms with van der Waals surface area (Å²) in [5.74, 6) is 0.759. The Hall–Kier alpha value is -1.55. The van der Waals surface area contributed by atoms with Gasteiger partial charge in [0.25, 0.3) is 5.91 Å². The molecule has 1 fully saturated rings. The highest BCUT2D eigenvalue weighted by Crippen LogP contribution is 2.22. The van der Waals surface area contributed by atoms with E-state index in [2.05, 4.69) is 5.32 Å². The predicted molar refractivity (Wildman–Crippen MR) is 87.3 cm³/mol. The highest BCUT2D eigenvalue weighted by molar-refractivity contribution is 5.94. The molecule has 1 aliphatic rings. The summed E-state index contributed by atoms with van der Waals surface area (Å²) in [7, 11) is 3.27. The van der Waals surface area contributed by atoms with Crippen molar-refractivity contribution in [2.24, 2.45) is 0 Å². The van der Waals surface area contributed by atoms with E-state index in [4.69, 9.17) is 9.47 Å². The lowest BCUT2D eigenvalue weighted by atomic mass is 9.96. The van der Waals surface area contributed by atoms with E-state index >= 15 is 0 Å². The fraction of sp³-hybridized carbons (Fsp3) is 0.611. The second-order valence-corrected chi connectivity index (χ2v) is 5.98. The molecular weight excluding hydrogens is 278 g/mol. The molecule has 0 saturated heterocycles. The maximum absolute atomic E-state index is 12.5. The van der Waals surface area contributed by atoms with Gasteiger partial charge in [0, 0.05) is 24.3 Å². The van der Waals surface area contributed by atoms with Gasteiger partial charge in [0.2, 0.25) is 0 Å². The van der Waals surface area contributed by atoms with Gasteiger partial charge in [-0.25, -0.2) is 0 Å². The van der Waals surface area contributed by atoms with E-state index in [1.165, 1.54) is 32.1 Å². The summed E-state index contributed by atoms with van der Waals surface area (Å²) in [6, 6.07) is 5.82. The first-order chi connectivity index (χ1) is 10.7. The lowest BCUT2D eigenvalue weighted by molar-refractivity contribution is 0.0930. The minimum absolute atomic E-state index is 0.00517. The summed E-state index contributed by atoms with van der Waals surface area (Å²) >= 11 is 0. The number of benzene rings is 1. The Morgan fingerprint density at radius 3 is 2.45 bits per heavy atom. The fourth-order valence-electron chi connectivity index (χ4n) is 3.06. The molecule has 0 bridgehead atoms. The van der Waals surface area contributed by atoms with Crippen LogP contribution < -0.4 is 10.1 Å². The number of hydrogen-bond donors (Lipinski definition) is 1. The van der Waals surface area contributed by atoms with Crippen LogP contribution in [0.3, 0.4) is 0 Å². The standard InChI is InChI=1S/C18H27NO3/c1-21-13-15-12-14(10-11-17(15)22-2)18(20)19-16-8-6-4-3-5-7-9-16/h10-12,16H,3-9,13H2,1-2H3,(H,19,20). The third-order valence-electron chi connectivity index (χ3n) is 4.28. The third-order valence-corrected chi connectivity index (χ3v) is 4.28. The van der Waals surface area contributed by atoms with Crippen molar-refractivity contribution in [3.63, 3.8) is 0 Å². The van der Waals surface area contributed by atoms with E-state index in [9.17, 15) is 4.79 Å². The van der Waals surface area contributed by atoms with Gasteiger partial charge in [-0.1, -0.05) is 32.1 Å². The van der Waals surface area contributed by atoms with Crippen molar-refractivity contribution in [2.45, 2.75) is 57.6 Å². The minimum Gasteiger partial charge on any atom is -0.496 e. The summed E-state index contributed by atoms with van der Waals surface area (Å²) in [6.45, 7) is 0.438. The monoisotopic (exact) mass is 305 g/mol. The minimum atomic E-state index is 0.00517. The molecule has 1 amide bonds. The Kier molecular flexibility index (Phi) is 6.72. The van der Waals surface area contributed by atoms with Crippen LogP contribution in [0.4, 0.5) is 0 Å². The molecule has 4 nitrogen and oxygen atoms in total. The Morgan fingerprint density at radius 2 is 1.82 bits per heavy atom. The highest BCUT2D eigenvalue weighted by Gasteiger charge is 2.16. The Balaban J connectivity index is 2.03. The normalized spacial score (nSPS) is 16.6. The van der Waals surface area contributed by atoms with Crippen molar-refractivity contribution in [2.75, 3.05) is 14.2 Å². The van der Waals surface area contributed by atoms with Crippen LogP contribution >= 0.6 is 0 Å². The molecule has 1 saturated carbocycles. The zero-order chi connectivity index (χ0) is 15.8. The Labute approximate surface area is 133 Å². The van der Waals surface area contributed by atoms with E-state index in [0.717, 1.165) is 24.2 Å². The molecule has 0 aliphatic heterocycles. The number of nitrogens with one attached hydrogen (secondary N) is 1. The Bertz CT molecular complexity index is 479. The predicted octanol–water partition coefficient (Wildman–Crippen LogP) is 3.68. The van der Waals surface area contributed by atoms with Crippen molar-refractivity contribution in [1.29, 1.82) is 0 Å². The molecule has 22 heavy (non-hydrogen) atoms. The molecule has 2 rings (SSSR count). The molecule has 0 atom stereocenters. The van der Waals surface area contributed by atoms with E-state index in [0.29, 0.717) is 18.2 Å². The van der Waals surface area contributed by atoms with Gasteiger partial charge in [-0.3, -0.25) is 4.79 Å². The summed E-state index contributed by atoms with van der Waals surface area (Å²) in [5.41, 5.74) is 1.57. The molecule has 1 aliphatic carbocycles. The van der Waals surface area contributed by atoms with Gasteiger partial charge in [0.1, 0.15) is 5.75 Å². The molecule has 0 heterocycles. The second kappa shape index (κ2) is 8.79. The number of carbonyl (C=O) groups excluding carboxylic acids is 1. The molecular formula is C18H27NO3. The second-order valence-electron chi connectivity index (χ2n) is 5.98. The molecule has 0 aromatic heterocycles. The van der Waals surface area contributed by atoms with Crippen LogP contribution in [0.5, 0.6) is 5.75 Å². The number of methoxy groups -OCH3 is 2. The van der Waals surface area contributed by atoms with E-state index in [-0.39, 0.29) is 5.91 Å². The largest absolute Gasteiger partial charge is 0.496 e. The van der Waals surface area contributed by atoms with Gasteiger partial charge in [-0.05, 0) is 31.0 Å². The lowest BCUT2D eigenvalue weighted by Crippen LogP contribution is -2.35. The number of rotatable bonds is 5. The Morgan fingerprint density at radius 1 is 1.14 bits per heavy atom. The van der Waals surface area contributed by atoms with Crippen LogP contribution in [-0.2, 0) is 11.3 Å². The van der Waals surface area contributed by atoms with E-state index in [1.807, 2.05) is 18.2 Å². The van der Waals surface area contributed by atoms with Gasteiger partial charge in [0.15, 0.2) is 0 Å². The van der Waals surface area contributed by atoms with Gasteiger partial charge >= 0.3 is 0 Å². The van der Waals surface area contributed by atoms with Gasteiger partial charge in [-0.15, -0.1) is 0 Å². The average Bonchev–Trinajstić information content (AvgIpc) is 2.50. The van der Waals surface area contributed by atoms with Crippen molar-refractivity contribution < 1.29 is 14.3 Å². The highest BCUT2D eigenvalue weighted by atomic mass is 16.5. The molecule has 0 radical (unpaired) electrons. The van der Waals surface area contributed by atoms with Gasteiger partial charge in [-0.2, -0.15) is 0 Å². The smallest absolute Gasteiger partial charge is 0.251 e. The first kappa shape index (κ1) is 16.8. The summed E-state index contributed by atoms with van der Waals surface area (Å²) in [4.78, 5) is 12.5. The lowest BCUT2D eigenvalue weighted by Gasteiger charge is -2.21. The van der Waals surface area contributed by atoms with Crippen LogP contribution in [0.2, 0.25) is 0 Å². The zero-order valence-electron chi connectivity index (χ0n) is 13.7. The molecule has 0 unspecified atom stereocenters. The molecule has 122 valence electrons. The molecule has 1 aromatic rings. The summed E-state index contributed by atoms with van der Waals surface area (Å²) in [6.07, 6.45) is 8.50. The van der Waals surface area contributed by atoms with Crippen LogP contribution in [0.15, 0.2) is 18.2 Å². The number of ether oxygens (including phenoxy) is 2. The fourth-order valence-corrected chi connectivity index (χ4v) is 3.06. The number of amides is 1. The van der Waals surface area contributed by atoms with Crippen molar-refractivity contribution in [3.05, 3.63) is 29.3 Å². The molecule has 4 heteroatoms. The average molecular weight is 305 g/mol. The third kappa shape index (κ3) is 4.73. The number of hydrogen-bond acceptors (Lipinski definition) is 3. The van der Waals surface area contributed by atoms with Crippen molar-refractivity contribution in [3.8, 4) is 5.75 Å². The maximum Gasteiger partial charge on any atom is 0.251 e. The molecule has 0 spiro atoms. The number of carbonyl (C=O) groups is 1. The molecule has 1 N–H and O–H groups in total. The van der Waals surface area contributed by atoms with Crippen LogP contribution in [0.25, 0.3) is 0 Å². The topological polar surface area (TPSA) is 47.6 Å². The first-order valence-corrected chi connectivity index (χ1v) is 8.21. The van der Waals surface area contributed by atoms with E-state index in [1.54, 1.807) is 14.2 Å².